The van der Waals surface area contributed by atoms with Gasteiger partial charge in [-0.2, -0.15) is 0 Å². The second-order valence-corrected chi connectivity index (χ2v) is 6.01. The van der Waals surface area contributed by atoms with Gasteiger partial charge < -0.3 is 5.32 Å². The zero-order valence-electron chi connectivity index (χ0n) is 10.7. The predicted octanol–water partition coefficient (Wildman–Crippen LogP) is 2.86. The molecule has 0 unspecified atom stereocenters. The van der Waals surface area contributed by atoms with Crippen molar-refractivity contribution in [1.82, 2.24) is 4.98 Å². The van der Waals surface area contributed by atoms with Crippen LogP contribution in [-0.2, 0) is 10.0 Å². The minimum absolute atomic E-state index is 0.0867. The zero-order valence-corrected chi connectivity index (χ0v) is 12.3. The Bertz CT molecular complexity index is 761. The lowest BCUT2D eigenvalue weighted by Gasteiger charge is -2.12. The largest absolute Gasteiger partial charge is 0.372 e. The second kappa shape index (κ2) is 5.82. The number of halogens is 3. The van der Waals surface area contributed by atoms with Gasteiger partial charge in [-0.05, 0) is 18.2 Å². The van der Waals surface area contributed by atoms with Crippen LogP contribution in [0.1, 0.15) is 0 Å². The van der Waals surface area contributed by atoms with E-state index >= 15 is 0 Å². The Morgan fingerprint density at radius 1 is 1.29 bits per heavy atom. The highest BCUT2D eigenvalue weighted by Gasteiger charge is 2.22. The minimum Gasteiger partial charge on any atom is -0.372 e. The summed E-state index contributed by atoms with van der Waals surface area (Å²) in [6.45, 7) is 0. The smallest absolute Gasteiger partial charge is 0.265 e. The highest BCUT2D eigenvalue weighted by atomic mass is 35.5. The molecule has 0 fully saturated rings. The lowest BCUT2D eigenvalue weighted by atomic mass is 10.3. The van der Waals surface area contributed by atoms with Gasteiger partial charge in [0.25, 0.3) is 10.0 Å². The Hall–Kier alpha value is -1.93. The maximum atomic E-state index is 13.7. The summed E-state index contributed by atoms with van der Waals surface area (Å²) in [6, 6.07) is 4.05. The molecule has 2 aromatic rings. The first kappa shape index (κ1) is 15.5. The maximum absolute atomic E-state index is 13.7. The van der Waals surface area contributed by atoms with Gasteiger partial charge in [-0.25, -0.2) is 22.2 Å². The van der Waals surface area contributed by atoms with Crippen molar-refractivity contribution in [3.8, 4) is 0 Å². The van der Waals surface area contributed by atoms with E-state index in [9.17, 15) is 17.2 Å². The number of aromatic nitrogens is 1. The first-order valence-electron chi connectivity index (χ1n) is 5.65. The third kappa shape index (κ3) is 3.22. The van der Waals surface area contributed by atoms with Gasteiger partial charge >= 0.3 is 0 Å². The van der Waals surface area contributed by atoms with Gasteiger partial charge in [-0.15, -0.1) is 0 Å². The highest BCUT2D eigenvalue weighted by Crippen LogP contribution is 2.29. The number of anilines is 2. The van der Waals surface area contributed by atoms with E-state index in [1.807, 2.05) is 4.72 Å². The summed E-state index contributed by atoms with van der Waals surface area (Å²) in [4.78, 5) is 3.66. The van der Waals surface area contributed by atoms with Crippen LogP contribution in [0.5, 0.6) is 0 Å². The Morgan fingerprint density at radius 3 is 2.62 bits per heavy atom. The number of sulfonamides is 1. The topological polar surface area (TPSA) is 71.1 Å². The number of pyridine rings is 1. The second-order valence-electron chi connectivity index (χ2n) is 3.95. The zero-order chi connectivity index (χ0) is 15.6. The monoisotopic (exact) mass is 333 g/mol. The molecule has 0 saturated heterocycles. The van der Waals surface area contributed by atoms with Crippen molar-refractivity contribution in [1.29, 1.82) is 0 Å². The Kier molecular flexibility index (Phi) is 4.29. The minimum atomic E-state index is -4.14. The van der Waals surface area contributed by atoms with Crippen molar-refractivity contribution in [3.63, 3.8) is 0 Å². The molecule has 2 N–H and O–H groups in total. The number of benzene rings is 1. The van der Waals surface area contributed by atoms with Crippen LogP contribution in [0.25, 0.3) is 0 Å². The summed E-state index contributed by atoms with van der Waals surface area (Å²) in [5.74, 6) is -1.93. The molecular formula is C12H10ClF2N3O2S. The molecule has 1 heterocycles. The molecule has 0 bridgehead atoms. The maximum Gasteiger partial charge on any atom is 0.265 e. The van der Waals surface area contributed by atoms with Crippen molar-refractivity contribution >= 4 is 33.1 Å². The SMILES string of the molecule is CNc1ncccc1S(=O)(=O)Nc1c(F)cc(F)cc1Cl. The van der Waals surface area contributed by atoms with Crippen molar-refractivity contribution in [2.24, 2.45) is 0 Å². The van der Waals surface area contributed by atoms with Crippen molar-refractivity contribution in [2.75, 3.05) is 17.1 Å². The number of nitrogens with zero attached hydrogens (tertiary/aromatic N) is 1. The van der Waals surface area contributed by atoms with E-state index in [-0.39, 0.29) is 15.7 Å². The third-order valence-corrected chi connectivity index (χ3v) is 4.22. The van der Waals surface area contributed by atoms with E-state index in [0.717, 1.165) is 6.07 Å². The predicted molar refractivity (Wildman–Crippen MR) is 76.0 cm³/mol. The summed E-state index contributed by atoms with van der Waals surface area (Å²) in [5.41, 5.74) is -0.524. The summed E-state index contributed by atoms with van der Waals surface area (Å²) < 4.78 is 53.1. The molecule has 0 aliphatic carbocycles. The molecule has 5 nitrogen and oxygen atoms in total. The van der Waals surface area contributed by atoms with Crippen LogP contribution in [0, 0.1) is 11.6 Å². The summed E-state index contributed by atoms with van der Waals surface area (Å²) in [6.07, 6.45) is 1.40. The summed E-state index contributed by atoms with van der Waals surface area (Å²) >= 11 is 5.66. The molecular weight excluding hydrogens is 324 g/mol. The lowest BCUT2D eigenvalue weighted by Crippen LogP contribution is -2.16. The molecule has 0 atom stereocenters. The van der Waals surface area contributed by atoms with Gasteiger partial charge in [0.2, 0.25) is 0 Å². The number of hydrogen-bond acceptors (Lipinski definition) is 4. The standard InChI is InChI=1S/C12H10ClF2N3O2S/c1-16-12-10(3-2-4-17-12)21(19,20)18-11-8(13)5-7(14)6-9(11)15/h2-6,18H,1H3,(H,16,17). The normalized spacial score (nSPS) is 11.2. The van der Waals surface area contributed by atoms with Gasteiger partial charge in [0.15, 0.2) is 5.82 Å². The van der Waals surface area contributed by atoms with E-state index in [0.29, 0.717) is 6.07 Å². The number of nitrogens with one attached hydrogen (secondary N) is 2. The molecule has 112 valence electrons. The molecule has 0 saturated carbocycles. The van der Waals surface area contributed by atoms with E-state index in [2.05, 4.69) is 10.3 Å². The van der Waals surface area contributed by atoms with Crippen LogP contribution >= 0.6 is 11.6 Å². The van der Waals surface area contributed by atoms with Crippen molar-refractivity contribution in [3.05, 3.63) is 47.1 Å². The van der Waals surface area contributed by atoms with Gasteiger partial charge in [-0.1, -0.05) is 11.6 Å². The molecule has 0 aliphatic rings. The van der Waals surface area contributed by atoms with Gasteiger partial charge in [0.05, 0.1) is 5.02 Å². The fourth-order valence-corrected chi connectivity index (χ4v) is 3.18. The Labute approximate surface area is 125 Å². The molecule has 2 rings (SSSR count). The van der Waals surface area contributed by atoms with Crippen LogP contribution < -0.4 is 10.0 Å². The summed E-state index contributed by atoms with van der Waals surface area (Å²) in [5, 5.41) is 2.23. The van der Waals surface area contributed by atoms with E-state index < -0.39 is 27.3 Å². The molecule has 1 aromatic heterocycles. The van der Waals surface area contributed by atoms with Crippen LogP contribution in [0.4, 0.5) is 20.3 Å². The van der Waals surface area contributed by atoms with E-state index in [1.165, 1.54) is 25.4 Å². The van der Waals surface area contributed by atoms with Crippen LogP contribution in [-0.4, -0.2) is 20.4 Å². The first-order valence-corrected chi connectivity index (χ1v) is 7.51. The van der Waals surface area contributed by atoms with Crippen molar-refractivity contribution in [2.45, 2.75) is 4.90 Å². The first-order chi connectivity index (χ1) is 9.85. The van der Waals surface area contributed by atoms with Gasteiger partial charge in [-0.3, -0.25) is 4.72 Å². The third-order valence-electron chi connectivity index (χ3n) is 2.54. The molecule has 0 spiro atoms. The fraction of sp³-hybridized carbons (Fsp3) is 0.0833. The van der Waals surface area contributed by atoms with Gasteiger partial charge in [0.1, 0.15) is 22.2 Å². The van der Waals surface area contributed by atoms with Crippen LogP contribution in [0.15, 0.2) is 35.4 Å². The highest BCUT2D eigenvalue weighted by molar-refractivity contribution is 7.92. The van der Waals surface area contributed by atoms with Crippen molar-refractivity contribution < 1.29 is 17.2 Å². The Balaban J connectivity index is 2.48. The summed E-state index contributed by atoms with van der Waals surface area (Å²) in [7, 11) is -2.64. The van der Waals surface area contributed by atoms with Gasteiger partial charge in [0, 0.05) is 19.3 Å². The molecule has 0 amide bonds. The fourth-order valence-electron chi connectivity index (χ4n) is 1.62. The Morgan fingerprint density at radius 2 is 2.00 bits per heavy atom. The molecule has 0 aliphatic heterocycles. The molecule has 0 radical (unpaired) electrons. The quantitative estimate of drug-likeness (QED) is 0.902. The lowest BCUT2D eigenvalue weighted by molar-refractivity contribution is 0.583. The van der Waals surface area contributed by atoms with E-state index in [1.54, 1.807) is 0 Å². The average molecular weight is 334 g/mol. The number of hydrogen-bond donors (Lipinski definition) is 2. The molecule has 1 aromatic carbocycles. The molecule has 9 heteroatoms. The van der Waals surface area contributed by atoms with Crippen LogP contribution in [0.3, 0.4) is 0 Å². The van der Waals surface area contributed by atoms with Crippen LogP contribution in [0.2, 0.25) is 5.02 Å². The molecule has 21 heavy (non-hydrogen) atoms. The van der Waals surface area contributed by atoms with E-state index in [4.69, 9.17) is 11.6 Å². The number of rotatable bonds is 4. The average Bonchev–Trinajstić information content (AvgIpc) is 2.43.